The molecule has 0 aliphatic carbocycles. The predicted molar refractivity (Wildman–Crippen MR) is 71.6 cm³/mol. The van der Waals surface area contributed by atoms with Crippen LogP contribution in [-0.4, -0.2) is 28.3 Å². The van der Waals surface area contributed by atoms with Crippen molar-refractivity contribution in [3.8, 4) is 0 Å². The summed E-state index contributed by atoms with van der Waals surface area (Å²) >= 11 is 0. The fourth-order valence-electron chi connectivity index (χ4n) is 1.79. The number of amidine groups is 1. The van der Waals surface area contributed by atoms with Crippen LogP contribution in [0.5, 0.6) is 0 Å². The lowest BCUT2D eigenvalue weighted by molar-refractivity contribution is 0.170. The van der Waals surface area contributed by atoms with Gasteiger partial charge < -0.3 is 21.4 Å². The van der Waals surface area contributed by atoms with Crippen LogP contribution in [0.1, 0.15) is 31.4 Å². The lowest BCUT2D eigenvalue weighted by Crippen LogP contribution is -2.28. The van der Waals surface area contributed by atoms with E-state index in [4.69, 9.17) is 10.9 Å². The normalized spacial score (nSPS) is 15.4. The average molecular weight is 251 g/mol. The summed E-state index contributed by atoms with van der Waals surface area (Å²) in [4.78, 5) is 0. The molecule has 2 atom stereocenters. The third kappa shape index (κ3) is 4.73. The van der Waals surface area contributed by atoms with Crippen molar-refractivity contribution in [1.82, 2.24) is 5.32 Å². The Bertz CT molecular complexity index is 405. The zero-order chi connectivity index (χ0) is 13.5. The summed E-state index contributed by atoms with van der Waals surface area (Å²) < 4.78 is 0. The molecule has 0 bridgehead atoms. The van der Waals surface area contributed by atoms with Gasteiger partial charge in [-0.1, -0.05) is 23.4 Å². The monoisotopic (exact) mass is 251 g/mol. The quantitative estimate of drug-likeness (QED) is 0.263. The first-order valence-corrected chi connectivity index (χ1v) is 6.01. The van der Waals surface area contributed by atoms with Crippen LogP contribution >= 0.6 is 0 Å². The van der Waals surface area contributed by atoms with Crippen molar-refractivity contribution in [2.45, 2.75) is 39.0 Å². The smallest absolute Gasteiger partial charge is 0.170 e. The molecule has 0 radical (unpaired) electrons. The summed E-state index contributed by atoms with van der Waals surface area (Å²) in [5, 5.41) is 24.2. The van der Waals surface area contributed by atoms with Crippen molar-refractivity contribution in [1.29, 1.82) is 0 Å². The van der Waals surface area contributed by atoms with Gasteiger partial charge in [-0.15, -0.1) is 0 Å². The lowest BCUT2D eigenvalue weighted by atomic mass is 10.1. The highest BCUT2D eigenvalue weighted by Gasteiger charge is 2.06. The zero-order valence-electron chi connectivity index (χ0n) is 10.8. The Labute approximate surface area is 107 Å². The maximum absolute atomic E-state index is 9.27. The minimum Gasteiger partial charge on any atom is -0.409 e. The van der Waals surface area contributed by atoms with E-state index >= 15 is 0 Å². The van der Waals surface area contributed by atoms with Gasteiger partial charge in [0.15, 0.2) is 5.84 Å². The second kappa shape index (κ2) is 6.98. The van der Waals surface area contributed by atoms with Crippen LogP contribution in [0.4, 0.5) is 0 Å². The van der Waals surface area contributed by atoms with E-state index in [2.05, 4.69) is 10.5 Å². The first kappa shape index (κ1) is 14.5. The third-order valence-electron chi connectivity index (χ3n) is 2.68. The van der Waals surface area contributed by atoms with Gasteiger partial charge in [0, 0.05) is 18.2 Å². The highest BCUT2D eigenvalue weighted by molar-refractivity contribution is 5.97. The van der Waals surface area contributed by atoms with Gasteiger partial charge in [-0.2, -0.15) is 0 Å². The van der Waals surface area contributed by atoms with Gasteiger partial charge in [0.05, 0.1) is 6.10 Å². The summed E-state index contributed by atoms with van der Waals surface area (Å²) in [7, 11) is 0. The van der Waals surface area contributed by atoms with E-state index in [-0.39, 0.29) is 18.0 Å². The molecule has 2 unspecified atom stereocenters. The van der Waals surface area contributed by atoms with Gasteiger partial charge in [-0.3, -0.25) is 0 Å². The Hall–Kier alpha value is -1.59. The van der Waals surface area contributed by atoms with E-state index < -0.39 is 0 Å². The van der Waals surface area contributed by atoms with E-state index in [1.165, 1.54) is 0 Å². The molecule has 0 fully saturated rings. The van der Waals surface area contributed by atoms with Gasteiger partial charge >= 0.3 is 0 Å². The molecule has 1 aromatic rings. The number of hydrogen-bond donors (Lipinski definition) is 4. The van der Waals surface area contributed by atoms with E-state index in [1.807, 2.05) is 25.1 Å². The molecule has 5 heteroatoms. The van der Waals surface area contributed by atoms with Crippen molar-refractivity contribution in [2.75, 3.05) is 0 Å². The first-order valence-electron chi connectivity index (χ1n) is 6.01. The minimum atomic E-state index is -0.309. The number of hydrogen-bond acceptors (Lipinski definition) is 4. The van der Waals surface area contributed by atoms with E-state index in [0.717, 1.165) is 5.56 Å². The number of nitrogens with zero attached hydrogens (tertiary/aromatic N) is 1. The average Bonchev–Trinajstić information content (AvgIpc) is 2.35. The zero-order valence-corrected chi connectivity index (χ0v) is 10.8. The molecule has 5 nitrogen and oxygen atoms in total. The standard InChI is InChI=1S/C13H21N3O2/c1-9(6-10(2)17)15-8-11-4-3-5-12(7-11)13(14)16-18/h3-5,7,9-10,15,17-18H,6,8H2,1-2H3,(H2,14,16). The highest BCUT2D eigenvalue weighted by atomic mass is 16.4. The number of benzene rings is 1. The number of aliphatic hydroxyl groups is 1. The van der Waals surface area contributed by atoms with Crippen molar-refractivity contribution in [2.24, 2.45) is 10.9 Å². The minimum absolute atomic E-state index is 0.105. The van der Waals surface area contributed by atoms with Crippen molar-refractivity contribution < 1.29 is 10.3 Å². The van der Waals surface area contributed by atoms with Gasteiger partial charge in [-0.05, 0) is 31.9 Å². The fourth-order valence-corrected chi connectivity index (χ4v) is 1.79. The molecular weight excluding hydrogens is 230 g/mol. The molecule has 0 aromatic heterocycles. The number of nitrogens with two attached hydrogens (primary N) is 1. The molecule has 100 valence electrons. The largest absolute Gasteiger partial charge is 0.409 e. The molecule has 0 saturated carbocycles. The van der Waals surface area contributed by atoms with E-state index in [1.54, 1.807) is 13.0 Å². The molecule has 0 saturated heterocycles. The summed E-state index contributed by atoms with van der Waals surface area (Å²) in [6, 6.07) is 7.73. The summed E-state index contributed by atoms with van der Waals surface area (Å²) in [5.74, 6) is 0.105. The molecule has 0 heterocycles. The van der Waals surface area contributed by atoms with Crippen LogP contribution in [-0.2, 0) is 6.54 Å². The maximum atomic E-state index is 9.27. The van der Waals surface area contributed by atoms with Gasteiger partial charge in [0.2, 0.25) is 0 Å². The molecule has 0 spiro atoms. The third-order valence-corrected chi connectivity index (χ3v) is 2.68. The molecule has 1 rings (SSSR count). The van der Waals surface area contributed by atoms with Crippen molar-refractivity contribution in [3.05, 3.63) is 35.4 Å². The van der Waals surface area contributed by atoms with E-state index in [9.17, 15) is 5.11 Å². The Kier molecular flexibility index (Phi) is 5.61. The number of aliphatic hydroxyl groups excluding tert-OH is 1. The molecule has 0 aliphatic rings. The van der Waals surface area contributed by atoms with Crippen molar-refractivity contribution in [3.63, 3.8) is 0 Å². The lowest BCUT2D eigenvalue weighted by Gasteiger charge is -2.15. The van der Waals surface area contributed by atoms with Crippen LogP contribution in [0.15, 0.2) is 29.4 Å². The highest BCUT2D eigenvalue weighted by Crippen LogP contribution is 2.06. The van der Waals surface area contributed by atoms with Crippen LogP contribution in [0, 0.1) is 0 Å². The summed E-state index contributed by atoms with van der Waals surface area (Å²) in [6.07, 6.45) is 0.399. The molecular formula is C13H21N3O2. The Morgan fingerprint density at radius 3 is 2.78 bits per heavy atom. The number of rotatable bonds is 6. The molecule has 5 N–H and O–H groups in total. The molecule has 18 heavy (non-hydrogen) atoms. The van der Waals surface area contributed by atoms with Crippen LogP contribution in [0.3, 0.4) is 0 Å². The second-order valence-electron chi connectivity index (χ2n) is 4.55. The Balaban J connectivity index is 2.57. The Morgan fingerprint density at radius 2 is 2.17 bits per heavy atom. The summed E-state index contributed by atoms with van der Waals surface area (Å²) in [6.45, 7) is 4.48. The van der Waals surface area contributed by atoms with E-state index in [0.29, 0.717) is 18.5 Å². The number of nitrogens with one attached hydrogen (secondary N) is 1. The van der Waals surface area contributed by atoms with Gasteiger partial charge in [0.25, 0.3) is 0 Å². The van der Waals surface area contributed by atoms with Crippen LogP contribution < -0.4 is 11.1 Å². The van der Waals surface area contributed by atoms with Crippen LogP contribution in [0.25, 0.3) is 0 Å². The Morgan fingerprint density at radius 1 is 1.44 bits per heavy atom. The van der Waals surface area contributed by atoms with Gasteiger partial charge in [0.1, 0.15) is 0 Å². The topological polar surface area (TPSA) is 90.9 Å². The molecule has 0 aliphatic heterocycles. The second-order valence-corrected chi connectivity index (χ2v) is 4.55. The molecule has 0 amide bonds. The number of oxime groups is 1. The fraction of sp³-hybridized carbons (Fsp3) is 0.462. The predicted octanol–water partition coefficient (Wildman–Crippen LogP) is 1.03. The maximum Gasteiger partial charge on any atom is 0.170 e. The van der Waals surface area contributed by atoms with Crippen LogP contribution in [0.2, 0.25) is 0 Å². The van der Waals surface area contributed by atoms with Crippen molar-refractivity contribution >= 4 is 5.84 Å². The van der Waals surface area contributed by atoms with Gasteiger partial charge in [-0.25, -0.2) is 0 Å². The summed E-state index contributed by atoms with van der Waals surface area (Å²) in [5.41, 5.74) is 7.28. The first-order chi connectivity index (χ1) is 8.52. The SMILES string of the molecule is CC(O)CC(C)NCc1cccc(/C(N)=N/O)c1. The molecule has 1 aromatic carbocycles.